The Balaban J connectivity index is 2.22. The van der Waals surface area contributed by atoms with Crippen LogP contribution in [0.1, 0.15) is 17.6 Å². The molecule has 0 spiro atoms. The highest BCUT2D eigenvalue weighted by atomic mass is 32.2. The summed E-state index contributed by atoms with van der Waals surface area (Å²) in [7, 11) is -3.55. The average molecular weight is 376 g/mol. The predicted octanol–water partition coefficient (Wildman–Crippen LogP) is 2.97. The van der Waals surface area contributed by atoms with E-state index in [2.05, 4.69) is 15.1 Å². The van der Waals surface area contributed by atoms with Crippen molar-refractivity contribution in [3.63, 3.8) is 0 Å². The van der Waals surface area contributed by atoms with Crippen LogP contribution in [0, 0.1) is 6.92 Å². The number of hydrogen-bond donors (Lipinski definition) is 0. The molecule has 0 radical (unpaired) electrons. The Bertz CT molecular complexity index is 1020. The topological polar surface area (TPSA) is 77.2 Å². The van der Waals surface area contributed by atoms with Crippen LogP contribution in [0.5, 0.6) is 0 Å². The highest BCUT2D eigenvalue weighted by Gasteiger charge is 2.36. The fourth-order valence-corrected chi connectivity index (χ4v) is 4.02. The Morgan fingerprint density at radius 2 is 2.00 bits per heavy atom. The molecule has 6 nitrogen and oxygen atoms in total. The van der Waals surface area contributed by atoms with Crippen LogP contribution in [0.25, 0.3) is 16.3 Å². The van der Waals surface area contributed by atoms with Gasteiger partial charge in [0.2, 0.25) is 9.97 Å². The van der Waals surface area contributed by atoms with E-state index >= 15 is 0 Å². The van der Waals surface area contributed by atoms with Gasteiger partial charge in [-0.1, -0.05) is 18.3 Å². The first-order valence-electron chi connectivity index (χ1n) is 6.76. The molecule has 0 aliphatic carbocycles. The summed E-state index contributed by atoms with van der Waals surface area (Å²) in [6, 6.07) is 2.89. The third kappa shape index (κ3) is 2.67. The van der Waals surface area contributed by atoms with E-state index < -0.39 is 21.0 Å². The number of fused-ring (bicyclic) bond motifs is 1. The van der Waals surface area contributed by atoms with Gasteiger partial charge < -0.3 is 0 Å². The molecular formula is C13H11F3N4O2S2. The van der Waals surface area contributed by atoms with Gasteiger partial charge >= 0.3 is 6.18 Å². The molecule has 0 atom stereocenters. The van der Waals surface area contributed by atoms with Crippen molar-refractivity contribution in [1.82, 2.24) is 19.6 Å². The molecule has 0 fully saturated rings. The van der Waals surface area contributed by atoms with Gasteiger partial charge in [-0.05, 0) is 19.1 Å². The minimum Gasteiger partial charge on any atom is -0.253 e. The van der Waals surface area contributed by atoms with Crippen molar-refractivity contribution in [2.45, 2.75) is 24.9 Å². The number of sulfone groups is 1. The summed E-state index contributed by atoms with van der Waals surface area (Å²) in [5.41, 5.74) is 0.612. The molecule has 3 heterocycles. The summed E-state index contributed by atoms with van der Waals surface area (Å²) in [6.07, 6.45) is -3.15. The largest absolute Gasteiger partial charge is 0.445 e. The summed E-state index contributed by atoms with van der Waals surface area (Å²) >= 11 is 0.392. The fourth-order valence-electron chi connectivity index (χ4n) is 2.16. The van der Waals surface area contributed by atoms with E-state index in [4.69, 9.17) is 0 Å². The van der Waals surface area contributed by atoms with Crippen LogP contribution in [-0.4, -0.2) is 33.8 Å². The van der Waals surface area contributed by atoms with Gasteiger partial charge in [0.25, 0.3) is 0 Å². The number of aryl methyl sites for hydroxylation is 1. The van der Waals surface area contributed by atoms with Crippen molar-refractivity contribution in [1.29, 1.82) is 0 Å². The molecule has 0 amide bonds. The number of aromatic nitrogens is 4. The van der Waals surface area contributed by atoms with Crippen molar-refractivity contribution >= 4 is 26.1 Å². The molecule has 0 aliphatic heterocycles. The number of pyridine rings is 1. The van der Waals surface area contributed by atoms with Gasteiger partial charge in [-0.25, -0.2) is 17.9 Å². The quantitative estimate of drug-likeness (QED) is 0.702. The van der Waals surface area contributed by atoms with Crippen molar-refractivity contribution in [2.75, 3.05) is 5.75 Å². The molecule has 0 bridgehead atoms. The maximum absolute atomic E-state index is 12.7. The van der Waals surface area contributed by atoms with Crippen molar-refractivity contribution in [3.05, 3.63) is 29.0 Å². The monoisotopic (exact) mass is 376 g/mol. The van der Waals surface area contributed by atoms with Gasteiger partial charge in [0.15, 0.2) is 9.84 Å². The van der Waals surface area contributed by atoms with Crippen molar-refractivity contribution in [2.24, 2.45) is 0 Å². The maximum atomic E-state index is 12.7. The van der Waals surface area contributed by atoms with E-state index in [1.807, 2.05) is 0 Å². The van der Waals surface area contributed by atoms with E-state index in [0.29, 0.717) is 17.0 Å². The van der Waals surface area contributed by atoms with Crippen LogP contribution < -0.4 is 0 Å². The molecule has 3 aromatic rings. The second-order valence-corrected chi connectivity index (χ2v) is 8.10. The third-order valence-electron chi connectivity index (χ3n) is 3.38. The summed E-state index contributed by atoms with van der Waals surface area (Å²) < 4.78 is 63.7. The number of hydrogen-bond acceptors (Lipinski definition) is 6. The van der Waals surface area contributed by atoms with E-state index in [1.54, 1.807) is 0 Å². The van der Waals surface area contributed by atoms with E-state index in [9.17, 15) is 21.6 Å². The van der Waals surface area contributed by atoms with Crippen LogP contribution in [0.4, 0.5) is 13.2 Å². The van der Waals surface area contributed by atoms with Gasteiger partial charge in [-0.15, -0.1) is 5.10 Å². The number of halogens is 3. The van der Waals surface area contributed by atoms with Gasteiger partial charge in [0.1, 0.15) is 11.4 Å². The van der Waals surface area contributed by atoms with E-state index in [1.165, 1.54) is 32.2 Å². The zero-order chi connectivity index (χ0) is 17.7. The maximum Gasteiger partial charge on any atom is 0.445 e. The summed E-state index contributed by atoms with van der Waals surface area (Å²) in [4.78, 5) is 8.21. The lowest BCUT2D eigenvalue weighted by molar-refractivity contribution is -0.138. The van der Waals surface area contributed by atoms with E-state index in [0.717, 1.165) is 4.52 Å². The lowest BCUT2D eigenvalue weighted by atomic mass is 10.2. The number of imidazole rings is 1. The Labute approximate surface area is 138 Å². The minimum absolute atomic E-state index is 0.00241. The molecule has 128 valence electrons. The normalized spacial score (nSPS) is 12.9. The van der Waals surface area contributed by atoms with Gasteiger partial charge in [0.05, 0.1) is 16.3 Å². The molecule has 0 saturated carbocycles. The Kier molecular flexibility index (Phi) is 3.87. The SMILES string of the molecule is CCS(=O)(=O)c1cccnc1-c1nc2sc(C(F)(F)F)nn2c1C. The Hall–Kier alpha value is -2.01. The van der Waals surface area contributed by atoms with Crippen LogP contribution in [0.3, 0.4) is 0 Å². The molecule has 3 rings (SSSR count). The molecule has 24 heavy (non-hydrogen) atoms. The highest BCUT2D eigenvalue weighted by molar-refractivity contribution is 7.91. The molecule has 0 aliphatic rings. The summed E-state index contributed by atoms with van der Waals surface area (Å²) in [6.45, 7) is 3.02. The molecule has 0 aromatic carbocycles. The molecular weight excluding hydrogens is 365 g/mol. The van der Waals surface area contributed by atoms with Crippen LogP contribution in [-0.2, 0) is 16.0 Å². The molecule has 0 N–H and O–H groups in total. The molecule has 0 unspecified atom stereocenters. The zero-order valence-electron chi connectivity index (χ0n) is 12.5. The Morgan fingerprint density at radius 1 is 1.29 bits per heavy atom. The second-order valence-electron chi connectivity index (χ2n) is 4.90. The van der Waals surface area contributed by atoms with Gasteiger partial charge in [-0.3, -0.25) is 4.98 Å². The van der Waals surface area contributed by atoms with E-state index in [-0.39, 0.29) is 27.0 Å². The van der Waals surface area contributed by atoms with Gasteiger partial charge in [-0.2, -0.15) is 13.2 Å². The first-order valence-corrected chi connectivity index (χ1v) is 9.23. The predicted molar refractivity (Wildman–Crippen MR) is 81.6 cm³/mol. The van der Waals surface area contributed by atoms with Gasteiger partial charge in [0, 0.05) is 6.20 Å². The smallest absolute Gasteiger partial charge is 0.253 e. The highest BCUT2D eigenvalue weighted by Crippen LogP contribution is 2.35. The van der Waals surface area contributed by atoms with Crippen molar-refractivity contribution in [3.8, 4) is 11.4 Å². The fraction of sp³-hybridized carbons (Fsp3) is 0.308. The molecule has 11 heteroatoms. The van der Waals surface area contributed by atoms with Crippen molar-refractivity contribution < 1.29 is 21.6 Å². The summed E-state index contributed by atoms with van der Waals surface area (Å²) in [5.74, 6) is -0.122. The first-order chi connectivity index (χ1) is 11.1. The van der Waals surface area contributed by atoms with Crippen LogP contribution in [0.2, 0.25) is 0 Å². The Morgan fingerprint density at radius 3 is 2.58 bits per heavy atom. The molecule has 0 saturated heterocycles. The average Bonchev–Trinajstić information content (AvgIpc) is 3.07. The number of rotatable bonds is 3. The lowest BCUT2D eigenvalue weighted by Crippen LogP contribution is -2.07. The third-order valence-corrected chi connectivity index (χ3v) is 6.09. The summed E-state index contributed by atoms with van der Waals surface area (Å²) in [5, 5.41) is 2.50. The minimum atomic E-state index is -4.56. The van der Waals surface area contributed by atoms with Crippen LogP contribution in [0.15, 0.2) is 23.2 Å². The number of alkyl halides is 3. The standard InChI is InChI=1S/C13H11F3N4O2S2/c1-3-24(21,22)8-5-4-6-17-10(8)9-7(2)20-12(18-9)23-11(19-20)13(14,15)16/h4-6H,3H2,1-2H3. The van der Waals surface area contributed by atoms with Crippen LogP contribution >= 0.6 is 11.3 Å². The lowest BCUT2D eigenvalue weighted by Gasteiger charge is -2.07. The zero-order valence-corrected chi connectivity index (χ0v) is 14.1. The number of nitrogens with zero attached hydrogens (tertiary/aromatic N) is 4. The molecule has 3 aromatic heterocycles. The first kappa shape index (κ1) is 16.8. The second kappa shape index (κ2) is 5.52.